The number of aliphatic hydroxyl groups excluding tert-OH is 1. The van der Waals surface area contributed by atoms with Crippen molar-refractivity contribution in [2.45, 2.75) is 23.6 Å². The van der Waals surface area contributed by atoms with Crippen molar-refractivity contribution in [1.82, 2.24) is 4.98 Å². The molecule has 0 unspecified atom stereocenters. The van der Waals surface area contributed by atoms with Gasteiger partial charge < -0.3 is 10.8 Å². The fraction of sp³-hybridized carbons (Fsp3) is 0.444. The Bertz CT molecular complexity index is 331. The van der Waals surface area contributed by atoms with Crippen LogP contribution in [0.5, 0.6) is 0 Å². The van der Waals surface area contributed by atoms with Crippen LogP contribution in [0.3, 0.4) is 0 Å². The molecule has 0 saturated heterocycles. The minimum Gasteiger partial charge on any atom is -0.397 e. The maximum Gasteiger partial charge on any atom is 0.130 e. The number of nitrogen functional groups attached to an aromatic ring is 1. The van der Waals surface area contributed by atoms with Crippen molar-refractivity contribution in [2.24, 2.45) is 0 Å². The summed E-state index contributed by atoms with van der Waals surface area (Å²) in [6, 6.07) is 3.36. The highest BCUT2D eigenvalue weighted by atomic mass is 35.5. The third kappa shape index (κ3) is 3.04. The number of halogens is 1. The SMILES string of the molecule is CC(C)(CO)Sc1nc(Cl)ccc1N. The quantitative estimate of drug-likeness (QED) is 0.620. The smallest absolute Gasteiger partial charge is 0.130 e. The first-order chi connectivity index (χ1) is 6.44. The van der Waals surface area contributed by atoms with Crippen LogP contribution in [0.1, 0.15) is 13.8 Å². The summed E-state index contributed by atoms with van der Waals surface area (Å²) in [5.74, 6) is 0. The van der Waals surface area contributed by atoms with Crippen LogP contribution in [0.25, 0.3) is 0 Å². The maximum absolute atomic E-state index is 9.09. The highest BCUT2D eigenvalue weighted by molar-refractivity contribution is 8.00. The number of nitrogens with zero attached hydrogens (tertiary/aromatic N) is 1. The normalized spacial score (nSPS) is 11.7. The molecule has 14 heavy (non-hydrogen) atoms. The van der Waals surface area contributed by atoms with E-state index in [0.29, 0.717) is 15.9 Å². The highest BCUT2D eigenvalue weighted by Crippen LogP contribution is 2.34. The van der Waals surface area contributed by atoms with Gasteiger partial charge in [0.1, 0.15) is 10.2 Å². The van der Waals surface area contributed by atoms with E-state index in [9.17, 15) is 0 Å². The second-order valence-electron chi connectivity index (χ2n) is 3.55. The van der Waals surface area contributed by atoms with Gasteiger partial charge in [-0.05, 0) is 26.0 Å². The molecule has 78 valence electrons. The topological polar surface area (TPSA) is 59.1 Å². The number of hydrogen-bond acceptors (Lipinski definition) is 4. The monoisotopic (exact) mass is 232 g/mol. The number of nitrogens with two attached hydrogens (primary N) is 1. The van der Waals surface area contributed by atoms with Crippen LogP contribution in [-0.2, 0) is 0 Å². The fourth-order valence-corrected chi connectivity index (χ4v) is 1.92. The largest absolute Gasteiger partial charge is 0.397 e. The summed E-state index contributed by atoms with van der Waals surface area (Å²) < 4.78 is -0.300. The summed E-state index contributed by atoms with van der Waals surface area (Å²) in [6.07, 6.45) is 0. The molecule has 5 heteroatoms. The number of thioether (sulfide) groups is 1. The van der Waals surface area contributed by atoms with Crippen molar-refractivity contribution >= 4 is 29.1 Å². The molecule has 0 saturated carbocycles. The van der Waals surface area contributed by atoms with Gasteiger partial charge in [0.2, 0.25) is 0 Å². The fourth-order valence-electron chi connectivity index (χ4n) is 0.804. The Hall–Kier alpha value is -0.450. The molecule has 0 aromatic carbocycles. The Kier molecular flexibility index (Phi) is 3.64. The van der Waals surface area contributed by atoms with Gasteiger partial charge >= 0.3 is 0 Å². The molecule has 0 aliphatic carbocycles. The van der Waals surface area contributed by atoms with Crippen molar-refractivity contribution in [3.05, 3.63) is 17.3 Å². The van der Waals surface area contributed by atoms with E-state index in [1.807, 2.05) is 13.8 Å². The summed E-state index contributed by atoms with van der Waals surface area (Å²) in [7, 11) is 0. The van der Waals surface area contributed by atoms with Crippen LogP contribution >= 0.6 is 23.4 Å². The molecule has 0 fully saturated rings. The van der Waals surface area contributed by atoms with Crippen molar-refractivity contribution in [3.8, 4) is 0 Å². The second kappa shape index (κ2) is 4.38. The van der Waals surface area contributed by atoms with Gasteiger partial charge in [-0.25, -0.2) is 4.98 Å². The molecule has 0 atom stereocenters. The Balaban J connectivity index is 2.91. The van der Waals surface area contributed by atoms with E-state index in [4.69, 9.17) is 22.4 Å². The molecule has 3 nitrogen and oxygen atoms in total. The molecule has 0 amide bonds. The molecule has 0 bridgehead atoms. The van der Waals surface area contributed by atoms with Gasteiger partial charge in [0, 0.05) is 4.75 Å². The second-order valence-corrected chi connectivity index (χ2v) is 5.63. The van der Waals surface area contributed by atoms with E-state index in [-0.39, 0.29) is 11.4 Å². The standard InChI is InChI=1S/C9H13ClN2OS/c1-9(2,5-13)14-8-6(11)3-4-7(10)12-8/h3-4,13H,5,11H2,1-2H3. The molecule has 3 N–H and O–H groups in total. The van der Waals surface area contributed by atoms with Crippen LogP contribution in [-0.4, -0.2) is 21.4 Å². The Labute approximate surface area is 92.7 Å². The lowest BCUT2D eigenvalue weighted by molar-refractivity contribution is 0.265. The third-order valence-electron chi connectivity index (χ3n) is 1.61. The average molecular weight is 233 g/mol. The molecule has 0 spiro atoms. The van der Waals surface area contributed by atoms with E-state index >= 15 is 0 Å². The van der Waals surface area contributed by atoms with Crippen molar-refractivity contribution in [1.29, 1.82) is 0 Å². The first kappa shape index (κ1) is 11.6. The molecule has 1 aromatic heterocycles. The Morgan fingerprint density at radius 1 is 1.57 bits per heavy atom. The van der Waals surface area contributed by atoms with Crippen LogP contribution in [0.4, 0.5) is 5.69 Å². The van der Waals surface area contributed by atoms with Gasteiger partial charge in [0.15, 0.2) is 0 Å². The van der Waals surface area contributed by atoms with Crippen LogP contribution in [0, 0.1) is 0 Å². The molecule has 1 aromatic rings. The van der Waals surface area contributed by atoms with Gasteiger partial charge in [-0.15, -0.1) is 0 Å². The van der Waals surface area contributed by atoms with E-state index in [1.165, 1.54) is 11.8 Å². The van der Waals surface area contributed by atoms with Crippen molar-refractivity contribution < 1.29 is 5.11 Å². The molecule has 0 aliphatic rings. The summed E-state index contributed by atoms with van der Waals surface area (Å²) in [5.41, 5.74) is 6.31. The van der Waals surface area contributed by atoms with E-state index in [2.05, 4.69) is 4.98 Å². The van der Waals surface area contributed by atoms with Crippen LogP contribution in [0.2, 0.25) is 5.15 Å². The van der Waals surface area contributed by atoms with Crippen LogP contribution < -0.4 is 5.73 Å². The number of pyridine rings is 1. The molecule has 0 aliphatic heterocycles. The molecule has 0 radical (unpaired) electrons. The molecule has 1 heterocycles. The lowest BCUT2D eigenvalue weighted by atomic mass is 10.2. The zero-order valence-corrected chi connectivity index (χ0v) is 9.69. The lowest BCUT2D eigenvalue weighted by Gasteiger charge is -2.20. The Morgan fingerprint density at radius 3 is 2.79 bits per heavy atom. The first-order valence-corrected chi connectivity index (χ1v) is 5.36. The third-order valence-corrected chi connectivity index (χ3v) is 3.02. The average Bonchev–Trinajstić information content (AvgIpc) is 2.11. The maximum atomic E-state index is 9.09. The number of anilines is 1. The predicted molar refractivity (Wildman–Crippen MR) is 60.7 cm³/mol. The van der Waals surface area contributed by atoms with Gasteiger partial charge in [-0.3, -0.25) is 0 Å². The van der Waals surface area contributed by atoms with Crippen molar-refractivity contribution in [2.75, 3.05) is 12.3 Å². The van der Waals surface area contributed by atoms with Crippen molar-refractivity contribution in [3.63, 3.8) is 0 Å². The number of rotatable bonds is 3. The Morgan fingerprint density at radius 2 is 2.21 bits per heavy atom. The molecular weight excluding hydrogens is 220 g/mol. The van der Waals surface area contributed by atoms with E-state index in [1.54, 1.807) is 12.1 Å². The van der Waals surface area contributed by atoms with Gasteiger partial charge in [0.25, 0.3) is 0 Å². The minimum atomic E-state index is -0.300. The van der Waals surface area contributed by atoms with E-state index in [0.717, 1.165) is 0 Å². The predicted octanol–water partition coefficient (Wildman–Crippen LogP) is 2.18. The van der Waals surface area contributed by atoms with Gasteiger partial charge in [-0.2, -0.15) is 0 Å². The van der Waals surface area contributed by atoms with Crippen LogP contribution in [0.15, 0.2) is 17.2 Å². The summed E-state index contributed by atoms with van der Waals surface area (Å²) >= 11 is 7.16. The number of hydrogen-bond donors (Lipinski definition) is 2. The summed E-state index contributed by atoms with van der Waals surface area (Å²) in [4.78, 5) is 4.10. The van der Waals surface area contributed by atoms with Gasteiger partial charge in [-0.1, -0.05) is 23.4 Å². The van der Waals surface area contributed by atoms with Gasteiger partial charge in [0.05, 0.1) is 12.3 Å². The molecular formula is C9H13ClN2OS. The summed E-state index contributed by atoms with van der Waals surface area (Å²) in [5, 5.41) is 10.2. The number of aromatic nitrogens is 1. The summed E-state index contributed by atoms with van der Waals surface area (Å²) in [6.45, 7) is 3.89. The minimum absolute atomic E-state index is 0.0608. The number of aliphatic hydroxyl groups is 1. The van der Waals surface area contributed by atoms with E-state index < -0.39 is 0 Å². The zero-order valence-electron chi connectivity index (χ0n) is 8.12. The lowest BCUT2D eigenvalue weighted by Crippen LogP contribution is -2.20. The zero-order chi connectivity index (χ0) is 10.8. The molecule has 1 rings (SSSR count). The highest BCUT2D eigenvalue weighted by Gasteiger charge is 2.20. The first-order valence-electron chi connectivity index (χ1n) is 4.16.